The second-order valence-corrected chi connectivity index (χ2v) is 12.1. The normalized spacial score (nSPS) is 13.3. The van der Waals surface area contributed by atoms with E-state index in [4.69, 9.17) is 0 Å². The first-order chi connectivity index (χ1) is 17.8. The van der Waals surface area contributed by atoms with E-state index in [1.165, 1.54) is 0 Å². The summed E-state index contributed by atoms with van der Waals surface area (Å²) < 4.78 is 0. The molecule has 0 heterocycles. The van der Waals surface area contributed by atoms with Gasteiger partial charge in [0.05, 0.1) is 0 Å². The Labute approximate surface area is 223 Å². The van der Waals surface area contributed by atoms with E-state index in [-0.39, 0.29) is 22.3 Å². The van der Waals surface area contributed by atoms with Crippen molar-refractivity contribution in [3.8, 4) is 44.9 Å². The molecule has 38 heavy (non-hydrogen) atoms. The third kappa shape index (κ3) is 4.30. The molecule has 5 rings (SSSR count). The number of benzene rings is 4. The number of aromatic hydroxyl groups is 2. The first kappa shape index (κ1) is 25.5. The van der Waals surface area contributed by atoms with Gasteiger partial charge in [-0.1, -0.05) is 90.1 Å². The topological polar surface area (TPSA) is 74.6 Å². The molecule has 1 aliphatic rings. The standard InChI is InChI=1S/C34H32O4/c1-33(2,3)21-9-13-23(29(35)17-21)19-7-11-25-26-12-8-20(16-28(26)32(38)31(37)27(25)15-19)24-14-10-22(18-30(24)36)34(4,5)6/h7-18,35-36H,1-6H3. The Hall–Kier alpha value is -4.18. The molecule has 4 heteroatoms. The van der Waals surface area contributed by atoms with Crippen molar-refractivity contribution in [1.82, 2.24) is 0 Å². The summed E-state index contributed by atoms with van der Waals surface area (Å²) in [5.74, 6) is -0.891. The number of fused-ring (bicyclic) bond motifs is 3. The van der Waals surface area contributed by atoms with Gasteiger partial charge in [0, 0.05) is 22.3 Å². The van der Waals surface area contributed by atoms with Crippen LogP contribution in [0.2, 0.25) is 0 Å². The van der Waals surface area contributed by atoms with Crippen LogP contribution in [0.5, 0.6) is 11.5 Å². The summed E-state index contributed by atoms with van der Waals surface area (Å²) in [7, 11) is 0. The van der Waals surface area contributed by atoms with Gasteiger partial charge in [0.15, 0.2) is 0 Å². The molecule has 0 unspecified atom stereocenters. The highest BCUT2D eigenvalue weighted by Crippen LogP contribution is 2.41. The first-order valence-electron chi connectivity index (χ1n) is 12.8. The van der Waals surface area contributed by atoms with Crippen molar-refractivity contribution in [2.24, 2.45) is 0 Å². The molecule has 0 aliphatic heterocycles. The Balaban J connectivity index is 1.57. The molecule has 0 saturated carbocycles. The van der Waals surface area contributed by atoms with Gasteiger partial charge in [-0.2, -0.15) is 0 Å². The lowest BCUT2D eigenvalue weighted by Gasteiger charge is -2.22. The van der Waals surface area contributed by atoms with Gasteiger partial charge in [-0.05, 0) is 68.5 Å². The molecular formula is C34H32O4. The number of hydrogen-bond donors (Lipinski definition) is 2. The van der Waals surface area contributed by atoms with E-state index < -0.39 is 11.6 Å². The van der Waals surface area contributed by atoms with Crippen LogP contribution in [0.1, 0.15) is 73.4 Å². The fourth-order valence-corrected chi connectivity index (χ4v) is 5.00. The zero-order chi connectivity index (χ0) is 27.6. The lowest BCUT2D eigenvalue weighted by Crippen LogP contribution is -2.21. The third-order valence-corrected chi connectivity index (χ3v) is 7.37. The highest BCUT2D eigenvalue weighted by Gasteiger charge is 2.31. The summed E-state index contributed by atoms with van der Waals surface area (Å²) in [6.45, 7) is 12.5. The van der Waals surface area contributed by atoms with Crippen LogP contribution in [0.4, 0.5) is 0 Å². The van der Waals surface area contributed by atoms with Crippen LogP contribution < -0.4 is 0 Å². The van der Waals surface area contributed by atoms with Gasteiger partial charge < -0.3 is 10.2 Å². The summed E-state index contributed by atoms with van der Waals surface area (Å²) in [5, 5.41) is 21.5. The maximum absolute atomic E-state index is 13.2. The molecule has 1 aliphatic carbocycles. The molecular weight excluding hydrogens is 472 g/mol. The second-order valence-electron chi connectivity index (χ2n) is 12.1. The Kier molecular flexibility index (Phi) is 5.83. The fourth-order valence-electron chi connectivity index (χ4n) is 5.00. The van der Waals surface area contributed by atoms with Crippen molar-refractivity contribution in [3.63, 3.8) is 0 Å². The van der Waals surface area contributed by atoms with Gasteiger partial charge in [0.25, 0.3) is 0 Å². The van der Waals surface area contributed by atoms with E-state index >= 15 is 0 Å². The second kappa shape index (κ2) is 8.70. The molecule has 4 aromatic rings. The highest BCUT2D eigenvalue weighted by atomic mass is 16.3. The van der Waals surface area contributed by atoms with Crippen molar-refractivity contribution in [2.75, 3.05) is 0 Å². The average molecular weight is 505 g/mol. The van der Waals surface area contributed by atoms with E-state index in [9.17, 15) is 19.8 Å². The van der Waals surface area contributed by atoms with Crippen LogP contribution >= 0.6 is 0 Å². The van der Waals surface area contributed by atoms with Crippen LogP contribution in [0, 0.1) is 0 Å². The molecule has 0 saturated heterocycles. The Morgan fingerprint density at radius 1 is 0.447 bits per heavy atom. The lowest BCUT2D eigenvalue weighted by molar-refractivity contribution is 0.0815. The number of carbonyl (C=O) groups excluding carboxylic acids is 2. The minimum Gasteiger partial charge on any atom is -0.507 e. The van der Waals surface area contributed by atoms with Gasteiger partial charge in [0.1, 0.15) is 11.5 Å². The van der Waals surface area contributed by atoms with E-state index in [0.717, 1.165) is 11.1 Å². The first-order valence-corrected chi connectivity index (χ1v) is 12.8. The van der Waals surface area contributed by atoms with Gasteiger partial charge in [-0.3, -0.25) is 9.59 Å². The Morgan fingerprint density at radius 3 is 1.11 bits per heavy atom. The van der Waals surface area contributed by atoms with Crippen molar-refractivity contribution in [3.05, 3.63) is 95.1 Å². The van der Waals surface area contributed by atoms with Crippen LogP contribution in [-0.4, -0.2) is 21.8 Å². The minimum atomic E-state index is -0.579. The molecule has 4 aromatic carbocycles. The van der Waals surface area contributed by atoms with Crippen molar-refractivity contribution in [1.29, 1.82) is 0 Å². The molecule has 2 N–H and O–H groups in total. The van der Waals surface area contributed by atoms with Crippen LogP contribution in [0.25, 0.3) is 33.4 Å². The predicted octanol–water partition coefficient (Wildman–Crippen LogP) is 8.07. The maximum atomic E-state index is 13.2. The SMILES string of the molecule is CC(C)(C)c1ccc(-c2ccc3c(c2)C(=O)C(=O)c2cc(-c4ccc(C(C)(C)C)cc4O)ccc2-3)c(O)c1. The largest absolute Gasteiger partial charge is 0.507 e. The summed E-state index contributed by atoms with van der Waals surface area (Å²) in [4.78, 5) is 26.5. The van der Waals surface area contributed by atoms with Gasteiger partial charge in [0.2, 0.25) is 11.6 Å². The number of rotatable bonds is 2. The monoisotopic (exact) mass is 504 g/mol. The molecule has 0 bridgehead atoms. The van der Waals surface area contributed by atoms with E-state index in [1.54, 1.807) is 24.3 Å². The number of carbonyl (C=O) groups is 2. The van der Waals surface area contributed by atoms with Gasteiger partial charge in [-0.25, -0.2) is 0 Å². The number of Topliss-reactive ketones (excluding diaryl/α,β-unsaturated/α-hetero) is 2. The van der Waals surface area contributed by atoms with Gasteiger partial charge in [-0.15, -0.1) is 0 Å². The van der Waals surface area contributed by atoms with Crippen LogP contribution in [-0.2, 0) is 10.8 Å². The maximum Gasteiger partial charge on any atom is 0.234 e. The molecule has 0 spiro atoms. The Bertz CT molecular complexity index is 1500. The predicted molar refractivity (Wildman–Crippen MR) is 152 cm³/mol. The average Bonchev–Trinajstić information content (AvgIpc) is 2.85. The van der Waals surface area contributed by atoms with Crippen molar-refractivity contribution >= 4 is 11.6 Å². The fraction of sp³-hybridized carbons (Fsp3) is 0.235. The number of phenols is 2. The van der Waals surface area contributed by atoms with E-state index in [0.29, 0.717) is 44.5 Å². The molecule has 0 radical (unpaired) electrons. The van der Waals surface area contributed by atoms with Crippen molar-refractivity contribution < 1.29 is 19.8 Å². The summed E-state index contributed by atoms with van der Waals surface area (Å²) in [6, 6.07) is 21.9. The smallest absolute Gasteiger partial charge is 0.234 e. The summed E-state index contributed by atoms with van der Waals surface area (Å²) >= 11 is 0. The Morgan fingerprint density at radius 2 is 0.789 bits per heavy atom. The van der Waals surface area contributed by atoms with Crippen molar-refractivity contribution in [2.45, 2.75) is 52.4 Å². The lowest BCUT2D eigenvalue weighted by atomic mass is 9.80. The van der Waals surface area contributed by atoms with Crippen LogP contribution in [0.3, 0.4) is 0 Å². The molecule has 0 fully saturated rings. The van der Waals surface area contributed by atoms with Crippen LogP contribution in [0.15, 0.2) is 72.8 Å². The number of ketones is 2. The molecule has 4 nitrogen and oxygen atoms in total. The van der Waals surface area contributed by atoms with E-state index in [1.807, 2.05) is 48.5 Å². The highest BCUT2D eigenvalue weighted by molar-refractivity contribution is 6.53. The molecule has 192 valence electrons. The molecule has 0 amide bonds. The zero-order valence-corrected chi connectivity index (χ0v) is 22.6. The zero-order valence-electron chi connectivity index (χ0n) is 22.6. The third-order valence-electron chi connectivity index (χ3n) is 7.37. The number of phenolic OH excluding ortho intramolecular Hbond substituents is 2. The summed E-state index contributed by atoms with van der Waals surface area (Å²) in [6.07, 6.45) is 0. The molecule has 0 atom stereocenters. The minimum absolute atomic E-state index is 0.109. The number of hydrogen-bond acceptors (Lipinski definition) is 4. The molecule has 0 aromatic heterocycles. The summed E-state index contributed by atoms with van der Waals surface area (Å²) in [5.41, 5.74) is 6.36. The van der Waals surface area contributed by atoms with Gasteiger partial charge >= 0.3 is 0 Å². The van der Waals surface area contributed by atoms with E-state index in [2.05, 4.69) is 41.5 Å². The quantitative estimate of drug-likeness (QED) is 0.271.